The monoisotopic (exact) mass is 247 g/mol. The quantitative estimate of drug-likeness (QED) is 0.854. The van der Waals surface area contributed by atoms with Gasteiger partial charge in [-0.1, -0.05) is 18.2 Å². The lowest BCUT2D eigenvalue weighted by molar-refractivity contribution is -0.142. The summed E-state index contributed by atoms with van der Waals surface area (Å²) in [5.74, 6) is -1.15. The second-order valence-electron chi connectivity index (χ2n) is 4.84. The molecule has 0 bridgehead atoms. The molecular formula is C14H17NO3. The maximum absolute atomic E-state index is 11.7. The molecule has 1 aliphatic carbocycles. The van der Waals surface area contributed by atoms with E-state index in [-0.39, 0.29) is 11.8 Å². The highest BCUT2D eigenvalue weighted by Gasteiger charge is 2.33. The Morgan fingerprint density at radius 1 is 1.33 bits per heavy atom. The van der Waals surface area contributed by atoms with Gasteiger partial charge in [0.25, 0.3) is 0 Å². The number of aryl methyl sites for hydroxylation is 1. The molecule has 0 radical (unpaired) electrons. The SMILES string of the molecule is Cc1cccc(C(NC(=O)C2CC2)C(=O)O)c1C. The highest BCUT2D eigenvalue weighted by molar-refractivity contribution is 5.87. The van der Waals surface area contributed by atoms with Crippen molar-refractivity contribution < 1.29 is 14.7 Å². The summed E-state index contributed by atoms with van der Waals surface area (Å²) in [6, 6.07) is 4.56. The van der Waals surface area contributed by atoms with E-state index in [0.29, 0.717) is 5.56 Å². The molecule has 1 atom stereocenters. The number of hydrogen-bond donors (Lipinski definition) is 2. The molecule has 4 nitrogen and oxygen atoms in total. The van der Waals surface area contributed by atoms with Crippen LogP contribution in [-0.4, -0.2) is 17.0 Å². The van der Waals surface area contributed by atoms with E-state index in [9.17, 15) is 14.7 Å². The van der Waals surface area contributed by atoms with E-state index in [0.717, 1.165) is 24.0 Å². The summed E-state index contributed by atoms with van der Waals surface area (Å²) >= 11 is 0. The molecule has 1 amide bonds. The Hall–Kier alpha value is -1.84. The Balaban J connectivity index is 2.26. The molecule has 0 saturated heterocycles. The molecule has 0 aromatic heterocycles. The van der Waals surface area contributed by atoms with Crippen LogP contribution < -0.4 is 5.32 Å². The third-order valence-electron chi connectivity index (χ3n) is 3.44. The number of carboxylic acids is 1. The van der Waals surface area contributed by atoms with Gasteiger partial charge in [-0.3, -0.25) is 4.79 Å². The first-order valence-corrected chi connectivity index (χ1v) is 6.10. The predicted octanol–water partition coefficient (Wildman–Crippen LogP) is 1.96. The van der Waals surface area contributed by atoms with Crippen LogP contribution >= 0.6 is 0 Å². The lowest BCUT2D eigenvalue weighted by atomic mass is 9.97. The lowest BCUT2D eigenvalue weighted by Crippen LogP contribution is -2.35. The highest BCUT2D eigenvalue weighted by atomic mass is 16.4. The van der Waals surface area contributed by atoms with Crippen LogP contribution in [0.3, 0.4) is 0 Å². The molecular weight excluding hydrogens is 230 g/mol. The molecule has 1 unspecified atom stereocenters. The first-order chi connectivity index (χ1) is 8.50. The highest BCUT2D eigenvalue weighted by Crippen LogP contribution is 2.30. The minimum atomic E-state index is -1.02. The van der Waals surface area contributed by atoms with Crippen LogP contribution in [0.4, 0.5) is 0 Å². The van der Waals surface area contributed by atoms with Crippen molar-refractivity contribution >= 4 is 11.9 Å². The Morgan fingerprint density at radius 3 is 2.56 bits per heavy atom. The number of benzene rings is 1. The molecule has 1 aliphatic rings. The number of carboxylic acid groups (broad SMARTS) is 1. The zero-order chi connectivity index (χ0) is 13.3. The van der Waals surface area contributed by atoms with Gasteiger partial charge >= 0.3 is 5.97 Å². The molecule has 4 heteroatoms. The average Bonchev–Trinajstić information content (AvgIpc) is 3.13. The number of rotatable bonds is 4. The summed E-state index contributed by atoms with van der Waals surface area (Å²) < 4.78 is 0. The van der Waals surface area contributed by atoms with Crippen LogP contribution in [0.15, 0.2) is 18.2 Å². The topological polar surface area (TPSA) is 66.4 Å². The molecule has 2 rings (SSSR count). The number of aliphatic carboxylic acids is 1. The maximum Gasteiger partial charge on any atom is 0.330 e. The van der Waals surface area contributed by atoms with Gasteiger partial charge in [-0.05, 0) is 43.4 Å². The fourth-order valence-electron chi connectivity index (χ4n) is 1.96. The summed E-state index contributed by atoms with van der Waals surface area (Å²) in [6.45, 7) is 3.81. The first-order valence-electron chi connectivity index (χ1n) is 6.10. The second-order valence-corrected chi connectivity index (χ2v) is 4.84. The van der Waals surface area contributed by atoms with Crippen molar-refractivity contribution in [1.29, 1.82) is 0 Å². The molecule has 2 N–H and O–H groups in total. The van der Waals surface area contributed by atoms with Crippen LogP contribution in [0.1, 0.15) is 35.6 Å². The van der Waals surface area contributed by atoms with Crippen LogP contribution in [0, 0.1) is 19.8 Å². The fraction of sp³-hybridized carbons (Fsp3) is 0.429. The van der Waals surface area contributed by atoms with Gasteiger partial charge in [0.1, 0.15) is 0 Å². The van der Waals surface area contributed by atoms with Gasteiger partial charge in [0.15, 0.2) is 6.04 Å². The largest absolute Gasteiger partial charge is 0.479 e. The Kier molecular flexibility index (Phi) is 3.36. The van der Waals surface area contributed by atoms with E-state index in [1.807, 2.05) is 26.0 Å². The van der Waals surface area contributed by atoms with Crippen molar-refractivity contribution in [2.75, 3.05) is 0 Å². The minimum absolute atomic E-state index is 0.0111. The van der Waals surface area contributed by atoms with E-state index in [1.165, 1.54) is 0 Å². The predicted molar refractivity (Wildman–Crippen MR) is 67.2 cm³/mol. The third kappa shape index (κ3) is 2.53. The molecule has 0 heterocycles. The summed E-state index contributed by atoms with van der Waals surface area (Å²) in [5, 5.41) is 11.9. The Labute approximate surface area is 106 Å². The van der Waals surface area contributed by atoms with Crippen LogP contribution in [0.2, 0.25) is 0 Å². The Morgan fingerprint density at radius 2 is 2.00 bits per heavy atom. The zero-order valence-corrected chi connectivity index (χ0v) is 10.6. The summed E-state index contributed by atoms with van der Waals surface area (Å²) in [6.07, 6.45) is 1.73. The van der Waals surface area contributed by atoms with Crippen molar-refractivity contribution in [1.82, 2.24) is 5.32 Å². The van der Waals surface area contributed by atoms with E-state index >= 15 is 0 Å². The van der Waals surface area contributed by atoms with Crippen molar-refractivity contribution in [3.05, 3.63) is 34.9 Å². The first kappa shape index (κ1) is 12.6. The van der Waals surface area contributed by atoms with E-state index in [1.54, 1.807) is 6.07 Å². The zero-order valence-electron chi connectivity index (χ0n) is 10.6. The standard InChI is InChI=1S/C14H17NO3/c1-8-4-3-5-11(9(8)2)12(14(17)18)15-13(16)10-6-7-10/h3-5,10,12H,6-7H2,1-2H3,(H,15,16)(H,17,18). The number of hydrogen-bond acceptors (Lipinski definition) is 2. The summed E-state index contributed by atoms with van der Waals surface area (Å²) in [5.41, 5.74) is 2.61. The van der Waals surface area contributed by atoms with Gasteiger partial charge in [0.05, 0.1) is 0 Å². The van der Waals surface area contributed by atoms with Crippen LogP contribution in [0.5, 0.6) is 0 Å². The minimum Gasteiger partial charge on any atom is -0.479 e. The number of carbonyl (C=O) groups excluding carboxylic acids is 1. The van der Waals surface area contributed by atoms with Crippen molar-refractivity contribution in [3.63, 3.8) is 0 Å². The molecule has 96 valence electrons. The molecule has 1 aromatic carbocycles. The van der Waals surface area contributed by atoms with Gasteiger partial charge in [-0.2, -0.15) is 0 Å². The molecule has 0 aliphatic heterocycles. The van der Waals surface area contributed by atoms with Crippen molar-refractivity contribution in [3.8, 4) is 0 Å². The van der Waals surface area contributed by atoms with Gasteiger partial charge in [0, 0.05) is 5.92 Å². The van der Waals surface area contributed by atoms with E-state index < -0.39 is 12.0 Å². The summed E-state index contributed by atoms with van der Waals surface area (Å²) in [7, 11) is 0. The van der Waals surface area contributed by atoms with E-state index in [4.69, 9.17) is 0 Å². The van der Waals surface area contributed by atoms with Crippen molar-refractivity contribution in [2.24, 2.45) is 5.92 Å². The normalized spacial score (nSPS) is 16.1. The molecule has 0 spiro atoms. The second kappa shape index (κ2) is 4.80. The van der Waals surface area contributed by atoms with E-state index in [2.05, 4.69) is 5.32 Å². The van der Waals surface area contributed by atoms with Gasteiger partial charge in [-0.25, -0.2) is 4.79 Å². The lowest BCUT2D eigenvalue weighted by Gasteiger charge is -2.18. The average molecular weight is 247 g/mol. The third-order valence-corrected chi connectivity index (χ3v) is 3.44. The fourth-order valence-corrected chi connectivity index (χ4v) is 1.96. The number of amides is 1. The number of nitrogens with one attached hydrogen (secondary N) is 1. The number of carbonyl (C=O) groups is 2. The van der Waals surface area contributed by atoms with Crippen molar-refractivity contribution in [2.45, 2.75) is 32.7 Å². The van der Waals surface area contributed by atoms with Gasteiger partial charge < -0.3 is 10.4 Å². The molecule has 1 saturated carbocycles. The summed E-state index contributed by atoms with van der Waals surface area (Å²) in [4.78, 5) is 23.0. The van der Waals surface area contributed by atoms with Crippen LogP contribution in [0.25, 0.3) is 0 Å². The smallest absolute Gasteiger partial charge is 0.330 e. The van der Waals surface area contributed by atoms with Crippen LogP contribution in [-0.2, 0) is 9.59 Å². The molecule has 1 aromatic rings. The van der Waals surface area contributed by atoms with Gasteiger partial charge in [-0.15, -0.1) is 0 Å². The molecule has 1 fully saturated rings. The molecule has 18 heavy (non-hydrogen) atoms. The van der Waals surface area contributed by atoms with Gasteiger partial charge in [0.2, 0.25) is 5.91 Å². The maximum atomic E-state index is 11.7. The Bertz CT molecular complexity index is 492.